The predicted molar refractivity (Wildman–Crippen MR) is 103 cm³/mol. The molecule has 0 atom stereocenters. The van der Waals surface area contributed by atoms with Gasteiger partial charge in [-0.15, -0.1) is 0 Å². The van der Waals surface area contributed by atoms with Crippen molar-refractivity contribution in [2.45, 2.75) is 19.4 Å². The van der Waals surface area contributed by atoms with Gasteiger partial charge >= 0.3 is 6.03 Å². The number of hydrogen-bond acceptors (Lipinski definition) is 1. The van der Waals surface area contributed by atoms with Gasteiger partial charge in [-0.2, -0.15) is 0 Å². The first-order valence-electron chi connectivity index (χ1n) is 8.20. The van der Waals surface area contributed by atoms with Crippen LogP contribution in [0, 0.1) is 0 Å². The molecule has 6 heteroatoms. The van der Waals surface area contributed by atoms with Crippen LogP contribution in [-0.4, -0.2) is 22.5 Å². The largest absolute Gasteiger partial charge is 0.357 e. The Morgan fingerprint density at radius 2 is 1.88 bits per heavy atom. The van der Waals surface area contributed by atoms with E-state index < -0.39 is 0 Å². The summed E-state index contributed by atoms with van der Waals surface area (Å²) in [5, 5.41) is 5.13. The van der Waals surface area contributed by atoms with Crippen LogP contribution in [0.2, 0.25) is 10.0 Å². The molecule has 0 unspecified atom stereocenters. The Kier molecular flexibility index (Phi) is 4.32. The number of hydrogen-bond donors (Lipinski definition) is 2. The molecule has 2 aromatic carbocycles. The predicted octanol–water partition coefficient (Wildman–Crippen LogP) is 5.46. The van der Waals surface area contributed by atoms with Crippen molar-refractivity contribution in [1.29, 1.82) is 0 Å². The highest BCUT2D eigenvalue weighted by atomic mass is 35.5. The minimum atomic E-state index is -0.148. The van der Waals surface area contributed by atoms with Crippen LogP contribution < -0.4 is 5.32 Å². The Balaban J connectivity index is 1.57. The maximum absolute atomic E-state index is 12.7. The van der Waals surface area contributed by atoms with Gasteiger partial charge in [0.1, 0.15) is 0 Å². The molecule has 1 aliphatic heterocycles. The number of nitrogens with zero attached hydrogens (tertiary/aromatic N) is 1. The van der Waals surface area contributed by atoms with Crippen LogP contribution in [0.3, 0.4) is 0 Å². The molecule has 128 valence electrons. The number of anilines is 1. The highest BCUT2D eigenvalue weighted by Crippen LogP contribution is 2.28. The fraction of sp³-hybridized carbons (Fsp3) is 0.211. The van der Waals surface area contributed by atoms with E-state index in [4.69, 9.17) is 23.2 Å². The maximum atomic E-state index is 12.7. The van der Waals surface area contributed by atoms with E-state index in [0.717, 1.165) is 24.1 Å². The second-order valence-electron chi connectivity index (χ2n) is 6.24. The standard InChI is InChI=1S/C19H17Cl2N3O/c20-12-8-13(21)10-14(9-12)22-19(25)24-7-3-5-16-15-4-1-2-6-17(15)23-18(16)11-24/h1-2,4,6,8-10,23H,3,5,7,11H2,(H,22,25). The summed E-state index contributed by atoms with van der Waals surface area (Å²) in [6.45, 7) is 1.27. The highest BCUT2D eigenvalue weighted by Gasteiger charge is 2.22. The van der Waals surface area contributed by atoms with E-state index in [1.165, 1.54) is 10.9 Å². The third-order valence-electron chi connectivity index (χ3n) is 4.51. The van der Waals surface area contributed by atoms with Gasteiger partial charge < -0.3 is 15.2 Å². The topological polar surface area (TPSA) is 48.1 Å². The first-order chi connectivity index (χ1) is 12.1. The minimum Gasteiger partial charge on any atom is -0.357 e. The number of aromatic amines is 1. The summed E-state index contributed by atoms with van der Waals surface area (Å²) in [5.74, 6) is 0. The van der Waals surface area contributed by atoms with Crippen LogP contribution in [0.1, 0.15) is 17.7 Å². The lowest BCUT2D eigenvalue weighted by molar-refractivity contribution is 0.209. The summed E-state index contributed by atoms with van der Waals surface area (Å²) in [6, 6.07) is 13.2. The molecule has 0 saturated carbocycles. The van der Waals surface area contributed by atoms with Crippen LogP contribution in [-0.2, 0) is 13.0 Å². The summed E-state index contributed by atoms with van der Waals surface area (Å²) in [4.78, 5) is 18.0. The molecule has 0 saturated heterocycles. The quantitative estimate of drug-likeness (QED) is 0.584. The van der Waals surface area contributed by atoms with Crippen molar-refractivity contribution in [2.75, 3.05) is 11.9 Å². The summed E-state index contributed by atoms with van der Waals surface area (Å²) < 4.78 is 0. The third kappa shape index (κ3) is 3.32. The van der Waals surface area contributed by atoms with E-state index in [1.807, 2.05) is 11.0 Å². The Bertz CT molecular complexity index is 931. The second-order valence-corrected chi connectivity index (χ2v) is 7.11. The number of amides is 2. The zero-order chi connectivity index (χ0) is 17.4. The Hall–Kier alpha value is -2.17. The second kappa shape index (κ2) is 6.62. The number of benzene rings is 2. The SMILES string of the molecule is O=C(Nc1cc(Cl)cc(Cl)c1)N1CCCc2c([nH]c3ccccc23)C1. The molecule has 0 radical (unpaired) electrons. The normalized spacial score (nSPS) is 14.2. The smallest absolute Gasteiger partial charge is 0.322 e. The number of nitrogens with one attached hydrogen (secondary N) is 2. The summed E-state index contributed by atoms with van der Waals surface area (Å²) >= 11 is 12.0. The Morgan fingerprint density at radius 1 is 1.12 bits per heavy atom. The van der Waals surface area contributed by atoms with Crippen LogP contribution in [0.15, 0.2) is 42.5 Å². The van der Waals surface area contributed by atoms with Crippen molar-refractivity contribution in [3.8, 4) is 0 Å². The van der Waals surface area contributed by atoms with E-state index in [0.29, 0.717) is 28.8 Å². The lowest BCUT2D eigenvalue weighted by atomic mass is 10.1. The number of fused-ring (bicyclic) bond motifs is 3. The van der Waals surface area contributed by atoms with Gasteiger partial charge in [0.15, 0.2) is 0 Å². The van der Waals surface area contributed by atoms with Gasteiger partial charge in [0, 0.05) is 38.9 Å². The number of aryl methyl sites for hydroxylation is 1. The first-order valence-corrected chi connectivity index (χ1v) is 8.96. The lowest BCUT2D eigenvalue weighted by Gasteiger charge is -2.21. The molecule has 3 aromatic rings. The Labute approximate surface area is 155 Å². The van der Waals surface area contributed by atoms with E-state index >= 15 is 0 Å². The molecule has 4 nitrogen and oxygen atoms in total. The lowest BCUT2D eigenvalue weighted by Crippen LogP contribution is -2.34. The molecule has 0 bridgehead atoms. The maximum Gasteiger partial charge on any atom is 0.322 e. The van der Waals surface area contributed by atoms with E-state index in [1.54, 1.807) is 18.2 Å². The van der Waals surface area contributed by atoms with Gasteiger partial charge in [0.05, 0.1) is 6.54 Å². The summed E-state index contributed by atoms with van der Waals surface area (Å²) in [5.41, 5.74) is 4.15. The van der Waals surface area contributed by atoms with Crippen molar-refractivity contribution >= 4 is 45.8 Å². The van der Waals surface area contributed by atoms with Gasteiger partial charge in [-0.3, -0.25) is 0 Å². The number of rotatable bonds is 1. The van der Waals surface area contributed by atoms with Crippen molar-refractivity contribution in [3.63, 3.8) is 0 Å². The van der Waals surface area contributed by atoms with Gasteiger partial charge in [-0.1, -0.05) is 41.4 Å². The third-order valence-corrected chi connectivity index (χ3v) is 4.94. The summed E-state index contributed by atoms with van der Waals surface area (Å²) in [6.07, 6.45) is 1.89. The molecule has 4 rings (SSSR count). The van der Waals surface area contributed by atoms with Crippen molar-refractivity contribution in [3.05, 3.63) is 63.8 Å². The van der Waals surface area contributed by atoms with E-state index in [9.17, 15) is 4.79 Å². The van der Waals surface area contributed by atoms with Crippen LogP contribution in [0.25, 0.3) is 10.9 Å². The average molecular weight is 374 g/mol. The van der Waals surface area contributed by atoms with Crippen molar-refractivity contribution in [1.82, 2.24) is 9.88 Å². The molecule has 2 amide bonds. The number of para-hydroxylation sites is 1. The number of carbonyl (C=O) groups excluding carboxylic acids is 1. The van der Waals surface area contributed by atoms with Gasteiger partial charge in [-0.25, -0.2) is 4.79 Å². The molecule has 2 heterocycles. The monoisotopic (exact) mass is 373 g/mol. The summed E-state index contributed by atoms with van der Waals surface area (Å²) in [7, 11) is 0. The minimum absolute atomic E-state index is 0.148. The molecular weight excluding hydrogens is 357 g/mol. The Morgan fingerprint density at radius 3 is 2.68 bits per heavy atom. The average Bonchev–Trinajstić information content (AvgIpc) is 2.77. The molecule has 0 aliphatic carbocycles. The molecule has 1 aromatic heterocycles. The number of H-pyrrole nitrogens is 1. The number of halogens is 2. The van der Waals surface area contributed by atoms with Crippen molar-refractivity contribution in [2.24, 2.45) is 0 Å². The fourth-order valence-corrected chi connectivity index (χ4v) is 3.92. The molecule has 1 aliphatic rings. The number of urea groups is 1. The van der Waals surface area contributed by atoms with Crippen LogP contribution in [0.5, 0.6) is 0 Å². The molecule has 25 heavy (non-hydrogen) atoms. The molecule has 0 spiro atoms. The number of aromatic nitrogens is 1. The zero-order valence-electron chi connectivity index (χ0n) is 13.5. The van der Waals surface area contributed by atoms with Gasteiger partial charge in [-0.05, 0) is 42.7 Å². The van der Waals surface area contributed by atoms with E-state index in [2.05, 4.69) is 28.5 Å². The fourth-order valence-electron chi connectivity index (χ4n) is 3.39. The van der Waals surface area contributed by atoms with Gasteiger partial charge in [0.2, 0.25) is 0 Å². The van der Waals surface area contributed by atoms with Gasteiger partial charge in [0.25, 0.3) is 0 Å². The van der Waals surface area contributed by atoms with Crippen LogP contribution >= 0.6 is 23.2 Å². The van der Waals surface area contributed by atoms with Crippen LogP contribution in [0.4, 0.5) is 10.5 Å². The molecular formula is C19H17Cl2N3O. The zero-order valence-corrected chi connectivity index (χ0v) is 15.0. The first kappa shape index (κ1) is 16.3. The molecule has 0 fully saturated rings. The molecule has 2 N–H and O–H groups in total. The van der Waals surface area contributed by atoms with E-state index in [-0.39, 0.29) is 6.03 Å². The highest BCUT2D eigenvalue weighted by molar-refractivity contribution is 6.35. The van der Waals surface area contributed by atoms with Crippen molar-refractivity contribution < 1.29 is 4.79 Å². The number of carbonyl (C=O) groups is 1.